The lowest BCUT2D eigenvalue weighted by molar-refractivity contribution is -0.188. The number of halogens is 4. The molecule has 0 unspecified atom stereocenters. The van der Waals surface area contributed by atoms with E-state index in [1.807, 2.05) is 0 Å². The summed E-state index contributed by atoms with van der Waals surface area (Å²) in [6.07, 6.45) is 6.34. The van der Waals surface area contributed by atoms with E-state index >= 15 is 0 Å². The van der Waals surface area contributed by atoms with Gasteiger partial charge in [0.25, 0.3) is 0 Å². The number of alkyl halides is 4. The molecule has 2 nitrogen and oxygen atoms in total. The summed E-state index contributed by atoms with van der Waals surface area (Å²) in [5.41, 5.74) is 1.08. The van der Waals surface area contributed by atoms with E-state index in [1.165, 1.54) is 62.8 Å². The number of aryl methyl sites for hydroxylation is 2. The van der Waals surface area contributed by atoms with E-state index in [2.05, 4.69) is 13.8 Å². The number of benzene rings is 3. The molecule has 0 amide bonds. The Balaban J connectivity index is 1.50. The number of rotatable bonds is 18. The van der Waals surface area contributed by atoms with Crippen molar-refractivity contribution in [1.29, 1.82) is 0 Å². The Morgan fingerprint density at radius 3 is 1.20 bits per heavy atom. The van der Waals surface area contributed by atoms with Gasteiger partial charge in [0.05, 0.1) is 11.1 Å². The number of unbranched alkanes of at least 4 members (excludes halogenated alkanes) is 8. The molecule has 40 heavy (non-hydrogen) atoms. The first-order valence-electron chi connectivity index (χ1n) is 14.7. The number of ether oxygens (including phenoxy) is 2. The fraction of sp³-hybridized carbons (Fsp3) is 0.471. The highest BCUT2D eigenvalue weighted by atomic mass is 19.3. The van der Waals surface area contributed by atoms with Crippen molar-refractivity contribution in [1.82, 2.24) is 0 Å². The maximum Gasteiger partial charge on any atom is 0.426 e. The van der Waals surface area contributed by atoms with Crippen molar-refractivity contribution in [2.24, 2.45) is 0 Å². The van der Waals surface area contributed by atoms with Crippen molar-refractivity contribution in [3.8, 4) is 11.5 Å². The quantitative estimate of drug-likeness (QED) is 0.114. The molecule has 0 radical (unpaired) electrons. The summed E-state index contributed by atoms with van der Waals surface area (Å²) in [7, 11) is 0. The van der Waals surface area contributed by atoms with E-state index < -0.39 is 23.3 Å². The van der Waals surface area contributed by atoms with Gasteiger partial charge in [-0.05, 0) is 85.3 Å². The predicted octanol–water partition coefficient (Wildman–Crippen LogP) is 11.0. The summed E-state index contributed by atoms with van der Waals surface area (Å²) in [4.78, 5) is 0. The van der Waals surface area contributed by atoms with Gasteiger partial charge in [-0.1, -0.05) is 89.5 Å². The third kappa shape index (κ3) is 10.2. The van der Waals surface area contributed by atoms with Crippen molar-refractivity contribution >= 4 is 0 Å². The second kappa shape index (κ2) is 15.7. The maximum atomic E-state index is 14.8. The highest BCUT2D eigenvalue weighted by Crippen LogP contribution is 2.36. The number of hydrogen-bond donors (Lipinski definition) is 0. The normalized spacial score (nSPS) is 11.9. The van der Waals surface area contributed by atoms with Crippen LogP contribution in [0.5, 0.6) is 11.5 Å². The van der Waals surface area contributed by atoms with Gasteiger partial charge in [-0.3, -0.25) is 0 Å². The smallest absolute Gasteiger partial charge is 0.426 e. The molecule has 0 heterocycles. The van der Waals surface area contributed by atoms with Crippen LogP contribution in [0.3, 0.4) is 0 Å². The van der Waals surface area contributed by atoms with Gasteiger partial charge >= 0.3 is 12.2 Å². The van der Waals surface area contributed by atoms with Crippen molar-refractivity contribution in [2.45, 2.75) is 103 Å². The zero-order valence-corrected chi connectivity index (χ0v) is 23.7. The fourth-order valence-corrected chi connectivity index (χ4v) is 4.56. The van der Waals surface area contributed by atoms with Crippen molar-refractivity contribution in [3.63, 3.8) is 0 Å². The van der Waals surface area contributed by atoms with Gasteiger partial charge < -0.3 is 9.47 Å². The molecular weight excluding hydrogens is 516 g/mol. The summed E-state index contributed by atoms with van der Waals surface area (Å²) in [5, 5.41) is 0. The van der Waals surface area contributed by atoms with Crippen LogP contribution < -0.4 is 9.47 Å². The first kappa shape index (κ1) is 31.5. The Labute approximate surface area is 236 Å². The van der Waals surface area contributed by atoms with E-state index in [0.29, 0.717) is 0 Å². The Hall–Kier alpha value is -3.02. The van der Waals surface area contributed by atoms with Gasteiger partial charge in [0.15, 0.2) is 0 Å². The van der Waals surface area contributed by atoms with E-state index in [0.717, 1.165) is 73.9 Å². The molecule has 0 aliphatic heterocycles. The Bertz CT molecular complexity index is 1110. The van der Waals surface area contributed by atoms with Crippen molar-refractivity contribution in [2.75, 3.05) is 0 Å². The summed E-state index contributed by atoms with van der Waals surface area (Å²) < 4.78 is 68.9. The second-order valence-electron chi connectivity index (χ2n) is 10.4. The summed E-state index contributed by atoms with van der Waals surface area (Å²) in [5.74, 6) is 0.0265. The van der Waals surface area contributed by atoms with Gasteiger partial charge in [-0.2, -0.15) is 17.6 Å². The molecule has 218 valence electrons. The molecule has 3 aromatic carbocycles. The lowest BCUT2D eigenvalue weighted by Gasteiger charge is -2.21. The average Bonchev–Trinajstić information content (AvgIpc) is 2.95. The van der Waals surface area contributed by atoms with Crippen LogP contribution in [0.25, 0.3) is 0 Å². The topological polar surface area (TPSA) is 18.5 Å². The molecule has 0 saturated carbocycles. The van der Waals surface area contributed by atoms with Crippen LogP contribution in [-0.2, 0) is 25.1 Å². The van der Waals surface area contributed by atoms with E-state index in [1.54, 1.807) is 24.3 Å². The molecule has 0 aliphatic rings. The molecule has 0 atom stereocenters. The zero-order chi connectivity index (χ0) is 28.8. The lowest BCUT2D eigenvalue weighted by Crippen LogP contribution is -2.24. The number of hydrogen-bond acceptors (Lipinski definition) is 2. The minimum atomic E-state index is -3.68. The monoisotopic (exact) mass is 558 g/mol. The van der Waals surface area contributed by atoms with Crippen LogP contribution in [0.1, 0.15) is 100 Å². The molecule has 0 fully saturated rings. The van der Waals surface area contributed by atoms with Crippen LogP contribution in [0.4, 0.5) is 17.6 Å². The molecule has 0 spiro atoms. The second-order valence-corrected chi connectivity index (χ2v) is 10.4. The minimum Gasteiger partial charge on any atom is -0.429 e. The highest BCUT2D eigenvalue weighted by Gasteiger charge is 2.38. The molecule has 0 aliphatic carbocycles. The molecule has 0 saturated heterocycles. The highest BCUT2D eigenvalue weighted by molar-refractivity contribution is 5.32. The summed E-state index contributed by atoms with van der Waals surface area (Å²) in [6, 6.07) is 16.9. The van der Waals surface area contributed by atoms with Crippen LogP contribution in [0.15, 0.2) is 72.8 Å². The molecule has 3 aromatic rings. The van der Waals surface area contributed by atoms with Gasteiger partial charge in [0.2, 0.25) is 0 Å². The fourth-order valence-electron chi connectivity index (χ4n) is 4.56. The standard InChI is InChI=1S/C34H42F4O2/c1-3-5-7-8-9-10-11-12-14-28-17-25-32(26-18-28)40-34(37,38)30-21-19-29(20-22-30)33(35,36)39-31-23-15-27(16-24-31)13-6-4-2/h15-26H,3-14H2,1-2H3. The van der Waals surface area contributed by atoms with E-state index in [9.17, 15) is 17.6 Å². The van der Waals surface area contributed by atoms with Crippen LogP contribution >= 0.6 is 0 Å². The molecule has 0 bridgehead atoms. The third-order valence-electron chi connectivity index (χ3n) is 7.03. The first-order chi connectivity index (χ1) is 19.2. The van der Waals surface area contributed by atoms with Crippen molar-refractivity contribution < 1.29 is 27.0 Å². The van der Waals surface area contributed by atoms with Gasteiger partial charge in [0.1, 0.15) is 11.5 Å². The molecule has 3 rings (SSSR count). The van der Waals surface area contributed by atoms with Crippen LogP contribution in [0.2, 0.25) is 0 Å². The summed E-state index contributed by atoms with van der Waals surface area (Å²) in [6.45, 7) is 4.30. The maximum absolute atomic E-state index is 14.8. The molecule has 0 N–H and O–H groups in total. The lowest BCUT2D eigenvalue weighted by atomic mass is 10.0. The summed E-state index contributed by atoms with van der Waals surface area (Å²) >= 11 is 0. The van der Waals surface area contributed by atoms with Crippen molar-refractivity contribution in [3.05, 3.63) is 95.1 Å². The SMILES string of the molecule is CCCCCCCCCCc1ccc(OC(F)(F)c2ccc(C(F)(F)Oc3ccc(CCCC)cc3)cc2)cc1. The third-order valence-corrected chi connectivity index (χ3v) is 7.03. The van der Waals surface area contributed by atoms with E-state index in [-0.39, 0.29) is 11.5 Å². The zero-order valence-electron chi connectivity index (χ0n) is 23.7. The largest absolute Gasteiger partial charge is 0.429 e. The molecular formula is C34H42F4O2. The van der Waals surface area contributed by atoms with Gasteiger partial charge in [-0.15, -0.1) is 0 Å². The van der Waals surface area contributed by atoms with E-state index in [4.69, 9.17) is 9.47 Å². The minimum absolute atomic E-state index is 0.00819. The van der Waals surface area contributed by atoms with Gasteiger partial charge in [-0.25, -0.2) is 0 Å². The Kier molecular flexibility index (Phi) is 12.4. The predicted molar refractivity (Wildman–Crippen MR) is 153 cm³/mol. The van der Waals surface area contributed by atoms with Crippen LogP contribution in [0, 0.1) is 0 Å². The average molecular weight is 559 g/mol. The molecule has 6 heteroatoms. The first-order valence-corrected chi connectivity index (χ1v) is 14.7. The van der Waals surface area contributed by atoms with Gasteiger partial charge in [0, 0.05) is 0 Å². The van der Waals surface area contributed by atoms with Crippen LogP contribution in [-0.4, -0.2) is 0 Å². The Morgan fingerprint density at radius 2 is 0.800 bits per heavy atom. The Morgan fingerprint density at radius 1 is 0.450 bits per heavy atom. The molecule has 0 aromatic heterocycles.